The number of esters is 1. The summed E-state index contributed by atoms with van der Waals surface area (Å²) in [5.74, 6) is -0.323. The minimum Gasteiger partial charge on any atom is -0.466 e. The van der Waals surface area contributed by atoms with Gasteiger partial charge in [0.2, 0.25) is 0 Å². The highest BCUT2D eigenvalue weighted by molar-refractivity contribution is 5.95. The lowest BCUT2D eigenvalue weighted by molar-refractivity contribution is -0.149. The van der Waals surface area contributed by atoms with Crippen LogP contribution in [-0.2, 0) is 16.1 Å². The number of hydrogen-bond acceptors (Lipinski definition) is 4. The number of hydrogen-bond donors (Lipinski definition) is 0. The molecule has 1 saturated heterocycles. The number of rotatable bonds is 6. The Hall–Kier alpha value is -2.63. The molecule has 0 unspecified atom stereocenters. The van der Waals surface area contributed by atoms with Crippen LogP contribution in [0, 0.1) is 5.92 Å². The molecule has 150 valence electrons. The van der Waals surface area contributed by atoms with Crippen LogP contribution >= 0.6 is 0 Å². The summed E-state index contributed by atoms with van der Waals surface area (Å²) in [5, 5.41) is 4.51. The molecule has 6 nitrogen and oxygen atoms in total. The van der Waals surface area contributed by atoms with Crippen molar-refractivity contribution in [3.63, 3.8) is 0 Å². The first-order valence-corrected chi connectivity index (χ1v) is 10.1. The highest BCUT2D eigenvalue weighted by Gasteiger charge is 2.32. The summed E-state index contributed by atoms with van der Waals surface area (Å²) in [4.78, 5) is 27.1. The van der Waals surface area contributed by atoms with Gasteiger partial charge in [-0.3, -0.25) is 14.3 Å². The highest BCUT2D eigenvalue weighted by Crippen LogP contribution is 2.25. The van der Waals surface area contributed by atoms with Gasteiger partial charge in [-0.1, -0.05) is 44.2 Å². The summed E-state index contributed by atoms with van der Waals surface area (Å²) in [6, 6.07) is 10.1. The molecule has 1 aromatic heterocycles. The lowest BCUT2D eigenvalue weighted by atomic mass is 9.97. The first kappa shape index (κ1) is 20.1. The number of nitrogens with zero attached hydrogens (tertiary/aromatic N) is 3. The molecule has 3 rings (SSSR count). The summed E-state index contributed by atoms with van der Waals surface area (Å²) in [7, 11) is 0. The second-order valence-electron chi connectivity index (χ2n) is 7.58. The molecular weight excluding hydrogens is 354 g/mol. The molecule has 0 aliphatic carbocycles. The van der Waals surface area contributed by atoms with Gasteiger partial charge in [-0.05, 0) is 31.2 Å². The average molecular weight is 383 g/mol. The number of benzene rings is 1. The van der Waals surface area contributed by atoms with Gasteiger partial charge in [0.05, 0.1) is 36.5 Å². The van der Waals surface area contributed by atoms with Crippen LogP contribution in [0.5, 0.6) is 0 Å². The molecule has 6 heteroatoms. The van der Waals surface area contributed by atoms with Gasteiger partial charge in [0.25, 0.3) is 5.91 Å². The summed E-state index contributed by atoms with van der Waals surface area (Å²) >= 11 is 0. The number of carbonyl (C=O) groups is 2. The number of likely N-dealkylation sites (tertiary alicyclic amines) is 1. The first-order chi connectivity index (χ1) is 13.5. The van der Waals surface area contributed by atoms with E-state index in [1.165, 1.54) is 0 Å². The molecule has 0 spiro atoms. The maximum Gasteiger partial charge on any atom is 0.310 e. The van der Waals surface area contributed by atoms with Crippen molar-refractivity contribution in [3.8, 4) is 0 Å². The molecule has 1 amide bonds. The number of carbonyl (C=O) groups excluding carboxylic acids is 2. The van der Waals surface area contributed by atoms with Crippen molar-refractivity contribution >= 4 is 11.9 Å². The second-order valence-corrected chi connectivity index (χ2v) is 7.58. The fraction of sp³-hybridized carbons (Fsp3) is 0.500. The summed E-state index contributed by atoms with van der Waals surface area (Å²) in [6.07, 6.45) is 3.26. The van der Waals surface area contributed by atoms with Crippen LogP contribution in [0.2, 0.25) is 0 Å². The van der Waals surface area contributed by atoms with E-state index in [-0.39, 0.29) is 23.7 Å². The Kier molecular flexibility index (Phi) is 6.49. The molecule has 2 heterocycles. The third-order valence-corrected chi connectivity index (χ3v) is 5.16. The van der Waals surface area contributed by atoms with Gasteiger partial charge >= 0.3 is 5.97 Å². The molecule has 1 aromatic carbocycles. The van der Waals surface area contributed by atoms with E-state index in [4.69, 9.17) is 4.74 Å². The third kappa shape index (κ3) is 4.43. The molecular formula is C22H29N3O3. The number of piperidine rings is 1. The Labute approximate surface area is 166 Å². The number of ether oxygens (including phenoxy) is 1. The smallest absolute Gasteiger partial charge is 0.310 e. The largest absolute Gasteiger partial charge is 0.466 e. The standard InChI is InChI=1S/C22H29N3O3/c1-4-28-22(27)18-11-8-12-24(15-18)21(26)19-13-23-25(20(19)16(2)3)14-17-9-6-5-7-10-17/h5-7,9-10,13,16,18H,4,8,11-12,14-15H2,1-3H3/t18-/m1/s1. The van der Waals surface area contributed by atoms with E-state index in [1.807, 2.05) is 22.9 Å². The second kappa shape index (κ2) is 9.04. The van der Waals surface area contributed by atoms with Gasteiger partial charge in [-0.25, -0.2) is 0 Å². The lowest BCUT2D eigenvalue weighted by Gasteiger charge is -2.31. The maximum absolute atomic E-state index is 13.2. The zero-order chi connectivity index (χ0) is 20.1. The van der Waals surface area contributed by atoms with E-state index in [0.717, 1.165) is 24.1 Å². The molecule has 28 heavy (non-hydrogen) atoms. The first-order valence-electron chi connectivity index (χ1n) is 10.1. The number of amides is 1. The molecule has 1 aliphatic rings. The third-order valence-electron chi connectivity index (χ3n) is 5.16. The van der Waals surface area contributed by atoms with E-state index >= 15 is 0 Å². The molecule has 1 aliphatic heterocycles. The van der Waals surface area contributed by atoms with Crippen LogP contribution in [0.15, 0.2) is 36.5 Å². The summed E-state index contributed by atoms with van der Waals surface area (Å²) in [6.45, 7) is 8.04. The fourth-order valence-electron chi connectivity index (χ4n) is 3.84. The average Bonchev–Trinajstić information content (AvgIpc) is 3.12. The molecule has 0 N–H and O–H groups in total. The Bertz CT molecular complexity index is 814. The van der Waals surface area contributed by atoms with Gasteiger partial charge < -0.3 is 9.64 Å². The Balaban J connectivity index is 1.80. The quantitative estimate of drug-likeness (QED) is 0.717. The Morgan fingerprint density at radius 3 is 2.68 bits per heavy atom. The van der Waals surface area contributed by atoms with Crippen molar-refractivity contribution in [2.45, 2.75) is 46.1 Å². The summed E-state index contributed by atoms with van der Waals surface area (Å²) < 4.78 is 7.07. The van der Waals surface area contributed by atoms with Crippen molar-refractivity contribution in [3.05, 3.63) is 53.3 Å². The van der Waals surface area contributed by atoms with Crippen molar-refractivity contribution in [1.82, 2.24) is 14.7 Å². The summed E-state index contributed by atoms with van der Waals surface area (Å²) in [5.41, 5.74) is 2.72. The molecule has 0 saturated carbocycles. The predicted octanol–water partition coefficient (Wildman–Crippen LogP) is 3.47. The van der Waals surface area contributed by atoms with Gasteiger partial charge in [-0.2, -0.15) is 5.10 Å². The molecule has 2 aromatic rings. The van der Waals surface area contributed by atoms with Crippen LogP contribution in [0.4, 0.5) is 0 Å². The maximum atomic E-state index is 13.2. The van der Waals surface area contributed by atoms with Crippen LogP contribution in [0.25, 0.3) is 0 Å². The predicted molar refractivity (Wildman–Crippen MR) is 107 cm³/mol. The van der Waals surface area contributed by atoms with Crippen LogP contribution in [0.1, 0.15) is 61.1 Å². The lowest BCUT2D eigenvalue weighted by Crippen LogP contribution is -2.43. The van der Waals surface area contributed by atoms with E-state index in [2.05, 4.69) is 31.1 Å². The van der Waals surface area contributed by atoms with Crippen molar-refractivity contribution in [2.75, 3.05) is 19.7 Å². The van der Waals surface area contributed by atoms with Crippen molar-refractivity contribution < 1.29 is 14.3 Å². The Morgan fingerprint density at radius 1 is 1.25 bits per heavy atom. The van der Waals surface area contributed by atoms with Gasteiger partial charge in [0.1, 0.15) is 0 Å². The molecule has 0 bridgehead atoms. The zero-order valence-corrected chi connectivity index (χ0v) is 16.9. The molecule has 0 radical (unpaired) electrons. The van der Waals surface area contributed by atoms with Gasteiger partial charge in [0, 0.05) is 13.1 Å². The van der Waals surface area contributed by atoms with Crippen LogP contribution < -0.4 is 0 Å². The van der Waals surface area contributed by atoms with Crippen LogP contribution in [0.3, 0.4) is 0 Å². The normalized spacial score (nSPS) is 17.0. The highest BCUT2D eigenvalue weighted by atomic mass is 16.5. The van der Waals surface area contributed by atoms with Gasteiger partial charge in [-0.15, -0.1) is 0 Å². The van der Waals surface area contributed by atoms with Gasteiger partial charge in [0.15, 0.2) is 0 Å². The van der Waals surface area contributed by atoms with Crippen molar-refractivity contribution in [1.29, 1.82) is 0 Å². The topological polar surface area (TPSA) is 64.4 Å². The molecule has 1 fully saturated rings. The molecule has 1 atom stereocenters. The monoisotopic (exact) mass is 383 g/mol. The SMILES string of the molecule is CCOC(=O)[C@@H]1CCCN(C(=O)c2cnn(Cc3ccccc3)c2C(C)C)C1. The Morgan fingerprint density at radius 2 is 2.00 bits per heavy atom. The zero-order valence-electron chi connectivity index (χ0n) is 16.9. The van der Waals surface area contributed by atoms with Crippen LogP contribution in [-0.4, -0.2) is 46.3 Å². The van der Waals surface area contributed by atoms with E-state index in [1.54, 1.807) is 18.0 Å². The fourth-order valence-corrected chi connectivity index (χ4v) is 3.84. The van der Waals surface area contributed by atoms with E-state index < -0.39 is 0 Å². The van der Waals surface area contributed by atoms with Crippen molar-refractivity contribution in [2.24, 2.45) is 5.92 Å². The minimum atomic E-state index is -0.237. The van der Waals surface area contributed by atoms with E-state index in [9.17, 15) is 9.59 Å². The minimum absolute atomic E-state index is 0.0444. The number of aromatic nitrogens is 2. The van der Waals surface area contributed by atoms with E-state index in [0.29, 0.717) is 31.8 Å².